The number of rotatable bonds is 5. The van der Waals surface area contributed by atoms with Crippen molar-refractivity contribution in [1.29, 1.82) is 0 Å². The van der Waals surface area contributed by atoms with Crippen molar-refractivity contribution in [3.63, 3.8) is 0 Å². The van der Waals surface area contributed by atoms with Crippen LogP contribution in [0.5, 0.6) is 5.75 Å². The molecule has 0 saturated carbocycles. The zero-order valence-corrected chi connectivity index (χ0v) is 15.5. The lowest BCUT2D eigenvalue weighted by Crippen LogP contribution is -2.31. The van der Waals surface area contributed by atoms with Crippen molar-refractivity contribution >= 4 is 17.2 Å². The molecule has 3 aromatic rings. The number of hydrogen-bond donors (Lipinski definition) is 1. The molecule has 4 rings (SSSR count). The maximum atomic E-state index is 12.4. The number of methoxy groups -OCH3 is 1. The molecule has 6 heteroatoms. The summed E-state index contributed by atoms with van der Waals surface area (Å²) in [5.74, 6) is 0.899. The van der Waals surface area contributed by atoms with E-state index in [0.717, 1.165) is 41.1 Å². The molecule has 1 aromatic carbocycles. The lowest BCUT2D eigenvalue weighted by Gasteiger charge is -2.24. The van der Waals surface area contributed by atoms with Gasteiger partial charge in [0, 0.05) is 16.1 Å². The summed E-state index contributed by atoms with van der Waals surface area (Å²) in [7, 11) is 1.66. The molecule has 0 bridgehead atoms. The number of ether oxygens (including phenoxy) is 1. The zero-order valence-electron chi connectivity index (χ0n) is 14.6. The van der Waals surface area contributed by atoms with E-state index < -0.39 is 0 Å². The highest BCUT2D eigenvalue weighted by Crippen LogP contribution is 2.31. The first kappa shape index (κ1) is 16.8. The Balaban J connectivity index is 1.53. The lowest BCUT2D eigenvalue weighted by molar-refractivity contribution is -0.121. The predicted octanol–water partition coefficient (Wildman–Crippen LogP) is 3.68. The summed E-state index contributed by atoms with van der Waals surface area (Å²) in [6.07, 6.45) is 5.31. The fraction of sp³-hybridized carbons (Fsp3) is 0.300. The molecule has 0 radical (unpaired) electrons. The Morgan fingerprint density at radius 3 is 2.92 bits per heavy atom. The maximum absolute atomic E-state index is 12.4. The Labute approximate surface area is 156 Å². The molecule has 1 N–H and O–H groups in total. The molecular formula is C20H21N3O2S. The number of fused-ring (bicyclic) bond motifs is 1. The third kappa shape index (κ3) is 3.37. The zero-order chi connectivity index (χ0) is 17.9. The second-order valence-corrected chi connectivity index (χ2v) is 7.46. The number of carbonyl (C=O) groups is 1. The first-order chi connectivity index (χ1) is 12.7. The molecule has 2 heterocycles. The summed E-state index contributed by atoms with van der Waals surface area (Å²) in [6.45, 7) is 0. The van der Waals surface area contributed by atoms with Crippen LogP contribution in [0.3, 0.4) is 0 Å². The molecule has 2 aromatic heterocycles. The molecule has 0 aliphatic heterocycles. The van der Waals surface area contributed by atoms with Crippen molar-refractivity contribution in [3.8, 4) is 11.4 Å². The summed E-state index contributed by atoms with van der Waals surface area (Å²) in [4.78, 5) is 13.5. The van der Waals surface area contributed by atoms with E-state index in [1.165, 1.54) is 5.69 Å². The van der Waals surface area contributed by atoms with Crippen LogP contribution in [0.4, 0.5) is 0 Å². The van der Waals surface area contributed by atoms with Crippen LogP contribution < -0.4 is 10.1 Å². The minimum Gasteiger partial charge on any atom is -0.497 e. The van der Waals surface area contributed by atoms with Gasteiger partial charge in [-0.1, -0.05) is 6.07 Å². The minimum absolute atomic E-state index is 0.0400. The average molecular weight is 367 g/mol. The number of amides is 1. The van der Waals surface area contributed by atoms with Crippen molar-refractivity contribution in [2.75, 3.05) is 7.11 Å². The molecule has 134 valence electrons. The van der Waals surface area contributed by atoms with Gasteiger partial charge in [0.25, 0.3) is 0 Å². The second-order valence-electron chi connectivity index (χ2n) is 6.42. The number of benzene rings is 1. The number of aromatic nitrogens is 2. The van der Waals surface area contributed by atoms with Crippen LogP contribution in [0.15, 0.2) is 48.0 Å². The van der Waals surface area contributed by atoms with Crippen molar-refractivity contribution in [1.82, 2.24) is 15.1 Å². The van der Waals surface area contributed by atoms with E-state index in [1.807, 2.05) is 52.7 Å². The maximum Gasteiger partial charge on any atom is 0.225 e. The number of thiophene rings is 1. The first-order valence-corrected chi connectivity index (χ1v) is 9.65. The van der Waals surface area contributed by atoms with Gasteiger partial charge in [0.05, 0.1) is 31.5 Å². The minimum atomic E-state index is 0.0400. The first-order valence-electron chi connectivity index (χ1n) is 8.77. The van der Waals surface area contributed by atoms with E-state index in [1.54, 1.807) is 18.4 Å². The van der Waals surface area contributed by atoms with Gasteiger partial charge in [-0.2, -0.15) is 5.10 Å². The van der Waals surface area contributed by atoms with Gasteiger partial charge in [-0.25, -0.2) is 4.68 Å². The highest BCUT2D eigenvalue weighted by atomic mass is 32.1. The molecule has 0 saturated heterocycles. The molecule has 1 aliphatic carbocycles. The summed E-state index contributed by atoms with van der Waals surface area (Å²) in [5, 5.41) is 9.77. The smallest absolute Gasteiger partial charge is 0.225 e. The van der Waals surface area contributed by atoms with Crippen LogP contribution in [0, 0.1) is 0 Å². The van der Waals surface area contributed by atoms with Crippen LogP contribution >= 0.6 is 11.3 Å². The van der Waals surface area contributed by atoms with E-state index in [2.05, 4.69) is 10.4 Å². The molecule has 1 aliphatic rings. The van der Waals surface area contributed by atoms with Crippen LogP contribution in [0.1, 0.15) is 35.0 Å². The Bertz CT molecular complexity index is 884. The van der Waals surface area contributed by atoms with Gasteiger partial charge in [0.15, 0.2) is 0 Å². The summed E-state index contributed by atoms with van der Waals surface area (Å²) in [5.41, 5.74) is 3.33. The predicted molar refractivity (Wildman–Crippen MR) is 102 cm³/mol. The number of nitrogens with one attached hydrogen (secondary N) is 1. The van der Waals surface area contributed by atoms with Gasteiger partial charge >= 0.3 is 0 Å². The summed E-state index contributed by atoms with van der Waals surface area (Å²) < 4.78 is 7.21. The Morgan fingerprint density at radius 2 is 2.19 bits per heavy atom. The average Bonchev–Trinajstić information content (AvgIpc) is 3.32. The van der Waals surface area contributed by atoms with E-state index in [9.17, 15) is 4.79 Å². The standard InChI is InChI=1S/C20H21N3O2S/c1-25-15-9-7-14(8-10-15)23-19-6-2-5-18(17(19)13-21-23)22-20(24)12-16-4-3-11-26-16/h3-4,7-11,13,18H,2,5-6,12H2,1H3,(H,22,24). The number of hydrogen-bond acceptors (Lipinski definition) is 4. The molecule has 0 fully saturated rings. The summed E-state index contributed by atoms with van der Waals surface area (Å²) >= 11 is 1.62. The molecular weight excluding hydrogens is 346 g/mol. The molecule has 5 nitrogen and oxygen atoms in total. The molecule has 1 amide bonds. The molecule has 0 spiro atoms. The quantitative estimate of drug-likeness (QED) is 0.748. The van der Waals surface area contributed by atoms with Crippen LogP contribution in [-0.4, -0.2) is 22.8 Å². The van der Waals surface area contributed by atoms with E-state index in [-0.39, 0.29) is 11.9 Å². The fourth-order valence-electron chi connectivity index (χ4n) is 3.47. The molecule has 26 heavy (non-hydrogen) atoms. The van der Waals surface area contributed by atoms with Crippen LogP contribution in [0.2, 0.25) is 0 Å². The Kier molecular flexibility index (Phi) is 4.75. The topological polar surface area (TPSA) is 56.1 Å². The van der Waals surface area contributed by atoms with Gasteiger partial charge < -0.3 is 10.1 Å². The SMILES string of the molecule is COc1ccc(-n2ncc3c2CCCC3NC(=O)Cc2cccs2)cc1. The Hall–Kier alpha value is -2.60. The summed E-state index contributed by atoms with van der Waals surface area (Å²) in [6, 6.07) is 11.9. The monoisotopic (exact) mass is 367 g/mol. The number of nitrogens with zero attached hydrogens (tertiary/aromatic N) is 2. The van der Waals surface area contributed by atoms with Crippen LogP contribution in [-0.2, 0) is 17.6 Å². The van der Waals surface area contributed by atoms with Crippen LogP contribution in [0.25, 0.3) is 5.69 Å². The van der Waals surface area contributed by atoms with Gasteiger partial charge in [-0.15, -0.1) is 11.3 Å². The van der Waals surface area contributed by atoms with Gasteiger partial charge in [0.1, 0.15) is 5.75 Å². The van der Waals surface area contributed by atoms with Crippen molar-refractivity contribution in [2.24, 2.45) is 0 Å². The Morgan fingerprint density at radius 1 is 1.35 bits per heavy atom. The van der Waals surface area contributed by atoms with E-state index >= 15 is 0 Å². The second kappa shape index (κ2) is 7.33. The highest BCUT2D eigenvalue weighted by molar-refractivity contribution is 7.10. The van der Waals surface area contributed by atoms with Crippen molar-refractivity contribution < 1.29 is 9.53 Å². The van der Waals surface area contributed by atoms with E-state index in [4.69, 9.17) is 4.74 Å². The number of carbonyl (C=O) groups excluding carboxylic acids is 1. The third-order valence-electron chi connectivity index (χ3n) is 4.75. The van der Waals surface area contributed by atoms with Gasteiger partial charge in [0.2, 0.25) is 5.91 Å². The molecule has 1 unspecified atom stereocenters. The van der Waals surface area contributed by atoms with Gasteiger partial charge in [-0.05, 0) is 55.0 Å². The largest absolute Gasteiger partial charge is 0.497 e. The third-order valence-corrected chi connectivity index (χ3v) is 5.63. The normalized spacial score (nSPS) is 16.1. The van der Waals surface area contributed by atoms with Gasteiger partial charge in [-0.3, -0.25) is 4.79 Å². The lowest BCUT2D eigenvalue weighted by atomic mass is 9.92. The molecule has 1 atom stereocenters. The fourth-order valence-corrected chi connectivity index (χ4v) is 4.17. The van der Waals surface area contributed by atoms with Crippen molar-refractivity contribution in [3.05, 3.63) is 64.1 Å². The highest BCUT2D eigenvalue weighted by Gasteiger charge is 2.26. The van der Waals surface area contributed by atoms with Crippen molar-refractivity contribution in [2.45, 2.75) is 31.7 Å². The van der Waals surface area contributed by atoms with E-state index in [0.29, 0.717) is 6.42 Å².